The van der Waals surface area contributed by atoms with Gasteiger partial charge in [0.1, 0.15) is 12.3 Å². The number of carboxylic acid groups (broad SMARTS) is 2. The van der Waals surface area contributed by atoms with Gasteiger partial charge in [-0.25, -0.2) is 0 Å². The van der Waals surface area contributed by atoms with Gasteiger partial charge in [0.05, 0.1) is 0 Å². The Labute approximate surface area is 237 Å². The highest BCUT2D eigenvalue weighted by molar-refractivity contribution is 5.89. The van der Waals surface area contributed by atoms with Crippen molar-refractivity contribution in [3.05, 3.63) is 65.7 Å². The zero-order valence-electron chi connectivity index (χ0n) is 23.5. The molecule has 0 saturated heterocycles. The predicted molar refractivity (Wildman–Crippen MR) is 158 cm³/mol. The van der Waals surface area contributed by atoms with Crippen LogP contribution in [0.15, 0.2) is 54.6 Å². The average Bonchev–Trinajstić information content (AvgIpc) is 2.94. The highest BCUT2D eigenvalue weighted by Crippen LogP contribution is 2.25. The standard InChI is InChI=1S/C9H9NO2.C8H11N.C8H14O2.C5H12N2O2/c1-7(12)10-9-4-2-8(6-11)3-5-9;9-7-6-8-4-2-1-3-5-8;9-8(10)6-7-4-2-1-3-5-7;6-3-1-2-4(7)5(8)9/h2-6H,1H3,(H,10,12);1-5H,6-7,9H2;7H,1-6H2,(H,9,10);4H,1-3,6-7H2,(H,8,9). The number of amides is 1. The molecule has 0 radical (unpaired) electrons. The summed E-state index contributed by atoms with van der Waals surface area (Å²) in [5.41, 5.74) is 18.3. The molecule has 0 aromatic heterocycles. The quantitative estimate of drug-likeness (QED) is 0.235. The molecule has 1 fully saturated rings. The second kappa shape index (κ2) is 23.3. The molecule has 222 valence electrons. The van der Waals surface area contributed by atoms with Crippen LogP contribution in [0.25, 0.3) is 0 Å². The first-order valence-corrected chi connectivity index (χ1v) is 13.6. The van der Waals surface area contributed by atoms with Gasteiger partial charge < -0.3 is 32.7 Å². The maximum absolute atomic E-state index is 10.6. The number of rotatable bonds is 10. The molecule has 10 nitrogen and oxygen atoms in total. The van der Waals surface area contributed by atoms with E-state index in [1.165, 1.54) is 31.7 Å². The first-order chi connectivity index (χ1) is 19.1. The minimum Gasteiger partial charge on any atom is -0.481 e. The van der Waals surface area contributed by atoms with Crippen molar-refractivity contribution in [1.82, 2.24) is 0 Å². The number of hydrogen-bond acceptors (Lipinski definition) is 7. The van der Waals surface area contributed by atoms with Crippen molar-refractivity contribution in [1.29, 1.82) is 0 Å². The summed E-state index contributed by atoms with van der Waals surface area (Å²) in [5, 5.41) is 19.3. The zero-order valence-corrected chi connectivity index (χ0v) is 23.5. The van der Waals surface area contributed by atoms with Gasteiger partial charge >= 0.3 is 11.9 Å². The van der Waals surface area contributed by atoms with Crippen LogP contribution in [0.4, 0.5) is 5.69 Å². The van der Waals surface area contributed by atoms with E-state index in [0.717, 1.165) is 32.1 Å². The normalized spacial score (nSPS) is 13.0. The Morgan fingerprint density at radius 1 is 0.950 bits per heavy atom. The summed E-state index contributed by atoms with van der Waals surface area (Å²) >= 11 is 0. The monoisotopic (exact) mass is 558 g/mol. The molecular weight excluding hydrogens is 512 g/mol. The molecule has 1 unspecified atom stereocenters. The summed E-state index contributed by atoms with van der Waals surface area (Å²) in [7, 11) is 0. The molecule has 10 heteroatoms. The Morgan fingerprint density at radius 2 is 1.55 bits per heavy atom. The lowest BCUT2D eigenvalue weighted by Gasteiger charge is -2.18. The number of aldehydes is 1. The van der Waals surface area contributed by atoms with Gasteiger partial charge in [0.25, 0.3) is 0 Å². The number of carbonyl (C=O) groups is 4. The average molecular weight is 559 g/mol. The smallest absolute Gasteiger partial charge is 0.320 e. The lowest BCUT2D eigenvalue weighted by Crippen LogP contribution is -2.30. The van der Waals surface area contributed by atoms with E-state index in [2.05, 4.69) is 17.4 Å². The number of aliphatic carboxylic acids is 2. The van der Waals surface area contributed by atoms with Crippen LogP contribution in [0, 0.1) is 5.92 Å². The summed E-state index contributed by atoms with van der Waals surface area (Å²) in [6.45, 7) is 2.68. The van der Waals surface area contributed by atoms with E-state index in [9.17, 15) is 19.2 Å². The molecule has 0 aliphatic heterocycles. The summed E-state index contributed by atoms with van der Waals surface area (Å²) in [6, 6.07) is 16.2. The van der Waals surface area contributed by atoms with E-state index in [-0.39, 0.29) is 5.91 Å². The van der Waals surface area contributed by atoms with Crippen LogP contribution in [0.2, 0.25) is 0 Å². The number of benzene rings is 2. The summed E-state index contributed by atoms with van der Waals surface area (Å²) < 4.78 is 0. The predicted octanol–water partition coefficient (Wildman–Crippen LogP) is 3.82. The van der Waals surface area contributed by atoms with E-state index in [4.69, 9.17) is 27.4 Å². The minimum absolute atomic E-state index is 0.117. The molecule has 0 bridgehead atoms. The van der Waals surface area contributed by atoms with Crippen molar-refractivity contribution >= 4 is 29.8 Å². The van der Waals surface area contributed by atoms with Crippen molar-refractivity contribution in [3.8, 4) is 0 Å². The lowest BCUT2D eigenvalue weighted by molar-refractivity contribution is -0.139. The van der Waals surface area contributed by atoms with E-state index in [1.807, 2.05) is 18.2 Å². The van der Waals surface area contributed by atoms with Gasteiger partial charge in [-0.1, -0.05) is 49.6 Å². The van der Waals surface area contributed by atoms with Gasteiger partial charge in [0.2, 0.25) is 5.91 Å². The van der Waals surface area contributed by atoms with Gasteiger partial charge in [0.15, 0.2) is 0 Å². The SMILES string of the molecule is CC(=O)Nc1ccc(C=O)cc1.NCCCC(N)C(=O)O.NCCc1ccccc1.O=C(O)CC1CCCCC1. The molecule has 9 N–H and O–H groups in total. The first kappa shape index (κ1) is 36.4. The Bertz CT molecular complexity index is 964. The number of hydrogen-bond donors (Lipinski definition) is 6. The van der Waals surface area contributed by atoms with Crippen LogP contribution in [-0.4, -0.2) is 53.5 Å². The second-order valence-electron chi connectivity index (χ2n) is 9.42. The Hall–Kier alpha value is -3.60. The topological polar surface area (TPSA) is 199 Å². The number of carbonyl (C=O) groups excluding carboxylic acids is 2. The summed E-state index contributed by atoms with van der Waals surface area (Å²) in [6.07, 6.45) is 9.31. The largest absolute Gasteiger partial charge is 0.481 e. The van der Waals surface area contributed by atoms with E-state index < -0.39 is 18.0 Å². The third-order valence-corrected chi connectivity index (χ3v) is 5.87. The van der Waals surface area contributed by atoms with Gasteiger partial charge in [-0.3, -0.25) is 19.2 Å². The van der Waals surface area contributed by atoms with Crippen LogP contribution in [-0.2, 0) is 20.8 Å². The van der Waals surface area contributed by atoms with Crippen molar-refractivity contribution in [3.63, 3.8) is 0 Å². The van der Waals surface area contributed by atoms with Crippen molar-refractivity contribution < 1.29 is 29.4 Å². The fraction of sp³-hybridized carbons (Fsp3) is 0.467. The highest BCUT2D eigenvalue weighted by atomic mass is 16.4. The lowest BCUT2D eigenvalue weighted by atomic mass is 9.87. The Kier molecular flexibility index (Phi) is 21.2. The zero-order chi connectivity index (χ0) is 30.2. The van der Waals surface area contributed by atoms with E-state index >= 15 is 0 Å². The molecule has 1 atom stereocenters. The second-order valence-corrected chi connectivity index (χ2v) is 9.42. The molecule has 0 heterocycles. The fourth-order valence-corrected chi connectivity index (χ4v) is 3.76. The van der Waals surface area contributed by atoms with Gasteiger partial charge in [-0.2, -0.15) is 0 Å². The Morgan fingerprint density at radius 3 is 2.00 bits per heavy atom. The molecule has 40 heavy (non-hydrogen) atoms. The van der Waals surface area contributed by atoms with Crippen LogP contribution in [0.5, 0.6) is 0 Å². The molecule has 2 aromatic carbocycles. The third kappa shape index (κ3) is 20.4. The number of anilines is 1. The van der Waals surface area contributed by atoms with Gasteiger partial charge in [-0.15, -0.1) is 0 Å². The molecule has 0 spiro atoms. The number of nitrogens with two attached hydrogens (primary N) is 3. The van der Waals surface area contributed by atoms with Crippen LogP contribution in [0.1, 0.15) is 74.2 Å². The maximum Gasteiger partial charge on any atom is 0.320 e. The van der Waals surface area contributed by atoms with Crippen molar-refractivity contribution in [2.24, 2.45) is 23.1 Å². The van der Waals surface area contributed by atoms with Gasteiger partial charge in [0, 0.05) is 24.6 Å². The van der Waals surface area contributed by atoms with E-state index in [1.54, 1.807) is 24.3 Å². The van der Waals surface area contributed by atoms with Gasteiger partial charge in [-0.05, 0) is 80.9 Å². The summed E-state index contributed by atoms with van der Waals surface area (Å²) in [5.74, 6) is -1.23. The van der Waals surface area contributed by atoms with Crippen LogP contribution in [0.3, 0.4) is 0 Å². The third-order valence-electron chi connectivity index (χ3n) is 5.87. The molecule has 1 amide bonds. The molecule has 2 aromatic rings. The summed E-state index contributed by atoms with van der Waals surface area (Å²) in [4.78, 5) is 41.1. The Balaban J connectivity index is 0.000000511. The van der Waals surface area contributed by atoms with Crippen LogP contribution >= 0.6 is 0 Å². The fourth-order valence-electron chi connectivity index (χ4n) is 3.76. The number of nitrogens with one attached hydrogen (secondary N) is 1. The number of carboxylic acids is 2. The molecule has 1 aliphatic rings. The minimum atomic E-state index is -0.955. The molecule has 1 saturated carbocycles. The van der Waals surface area contributed by atoms with Crippen molar-refractivity contribution in [2.45, 2.75) is 70.8 Å². The van der Waals surface area contributed by atoms with Crippen LogP contribution < -0.4 is 22.5 Å². The first-order valence-electron chi connectivity index (χ1n) is 13.6. The molecular formula is C30H46N4O6. The molecule has 1 aliphatic carbocycles. The molecule has 3 rings (SSSR count). The van der Waals surface area contributed by atoms with E-state index in [0.29, 0.717) is 43.0 Å². The highest BCUT2D eigenvalue weighted by Gasteiger charge is 2.15. The van der Waals surface area contributed by atoms with Crippen molar-refractivity contribution in [2.75, 3.05) is 18.4 Å². The maximum atomic E-state index is 10.6.